The first-order valence-electron chi connectivity index (χ1n) is 5.41. The topological polar surface area (TPSA) is 15.3 Å². The first kappa shape index (κ1) is 13.5. The molecule has 0 aromatic heterocycles. The van der Waals surface area contributed by atoms with Gasteiger partial charge >= 0.3 is 6.18 Å². The summed E-state index contributed by atoms with van der Waals surface area (Å²) in [5.41, 5.74) is 0. The van der Waals surface area contributed by atoms with Gasteiger partial charge in [0.15, 0.2) is 5.11 Å². The number of thiocarbonyl (C=S) groups is 1. The van der Waals surface area contributed by atoms with E-state index in [9.17, 15) is 13.2 Å². The van der Waals surface area contributed by atoms with Gasteiger partial charge in [-0.1, -0.05) is 13.8 Å². The van der Waals surface area contributed by atoms with E-state index in [1.54, 1.807) is 0 Å². The van der Waals surface area contributed by atoms with E-state index in [1.807, 2.05) is 13.8 Å². The number of halogens is 3. The highest BCUT2D eigenvalue weighted by molar-refractivity contribution is 7.80. The minimum absolute atomic E-state index is 0.0196. The van der Waals surface area contributed by atoms with Gasteiger partial charge in [-0.25, -0.2) is 0 Å². The molecule has 2 nitrogen and oxygen atoms in total. The Hall–Kier alpha value is -0.520. The first-order chi connectivity index (χ1) is 7.29. The van der Waals surface area contributed by atoms with E-state index in [2.05, 4.69) is 5.32 Å². The van der Waals surface area contributed by atoms with Crippen molar-refractivity contribution in [2.75, 3.05) is 13.1 Å². The van der Waals surface area contributed by atoms with Crippen molar-refractivity contribution >= 4 is 17.3 Å². The molecule has 0 saturated heterocycles. The van der Waals surface area contributed by atoms with Crippen LogP contribution in [0.5, 0.6) is 0 Å². The van der Waals surface area contributed by atoms with Gasteiger partial charge in [0.05, 0.1) is 0 Å². The molecule has 1 fully saturated rings. The van der Waals surface area contributed by atoms with Gasteiger partial charge in [-0.2, -0.15) is 13.2 Å². The van der Waals surface area contributed by atoms with Gasteiger partial charge in [-0.3, -0.25) is 0 Å². The monoisotopic (exact) mass is 254 g/mol. The van der Waals surface area contributed by atoms with E-state index >= 15 is 0 Å². The molecule has 6 heteroatoms. The molecule has 94 valence electrons. The first-order valence-corrected chi connectivity index (χ1v) is 5.81. The Morgan fingerprint density at radius 2 is 2.00 bits per heavy atom. The van der Waals surface area contributed by atoms with Gasteiger partial charge in [-0.15, -0.1) is 0 Å². The Bertz CT molecular complexity index is 249. The molecule has 0 aromatic rings. The van der Waals surface area contributed by atoms with Crippen LogP contribution in [0.25, 0.3) is 0 Å². The zero-order valence-electron chi connectivity index (χ0n) is 9.47. The summed E-state index contributed by atoms with van der Waals surface area (Å²) in [4.78, 5) is 1.26. The third-order valence-electron chi connectivity index (χ3n) is 2.26. The summed E-state index contributed by atoms with van der Waals surface area (Å²) >= 11 is 4.99. The molecule has 1 aliphatic carbocycles. The summed E-state index contributed by atoms with van der Waals surface area (Å²) in [6.45, 7) is 3.64. The van der Waals surface area contributed by atoms with Crippen LogP contribution in [-0.4, -0.2) is 35.3 Å². The predicted molar refractivity (Wildman–Crippen MR) is 61.2 cm³/mol. The SMILES string of the molecule is CC(C)CNC(=S)N(CC(F)(F)F)C1CC1. The molecule has 1 rings (SSSR count). The summed E-state index contributed by atoms with van der Waals surface area (Å²) in [5, 5.41) is 3.11. The minimum atomic E-state index is -4.19. The lowest BCUT2D eigenvalue weighted by atomic mass is 10.2. The highest BCUT2D eigenvalue weighted by Gasteiger charge is 2.39. The van der Waals surface area contributed by atoms with Crippen LogP contribution in [-0.2, 0) is 0 Å². The maximum Gasteiger partial charge on any atom is 0.406 e. The number of nitrogens with zero attached hydrogens (tertiary/aromatic N) is 1. The van der Waals surface area contributed by atoms with Crippen LogP contribution >= 0.6 is 12.2 Å². The van der Waals surface area contributed by atoms with Crippen molar-refractivity contribution in [2.45, 2.75) is 38.9 Å². The van der Waals surface area contributed by atoms with Crippen molar-refractivity contribution in [3.63, 3.8) is 0 Å². The molecule has 0 bridgehead atoms. The summed E-state index contributed by atoms with van der Waals surface area (Å²) in [7, 11) is 0. The van der Waals surface area contributed by atoms with E-state index < -0.39 is 12.7 Å². The van der Waals surface area contributed by atoms with Crippen LogP contribution in [0.3, 0.4) is 0 Å². The lowest BCUT2D eigenvalue weighted by molar-refractivity contribution is -0.138. The molecule has 1 aliphatic rings. The standard InChI is InChI=1S/C10H17F3N2S/c1-7(2)5-14-9(16)15(8-3-4-8)6-10(11,12)13/h7-8H,3-6H2,1-2H3,(H,14,16). The Morgan fingerprint density at radius 3 is 2.38 bits per heavy atom. The fraction of sp³-hybridized carbons (Fsp3) is 0.900. The van der Waals surface area contributed by atoms with Crippen molar-refractivity contribution in [1.29, 1.82) is 0 Å². The van der Waals surface area contributed by atoms with Crippen molar-refractivity contribution < 1.29 is 13.2 Å². The molecule has 1 saturated carbocycles. The quantitative estimate of drug-likeness (QED) is 0.776. The zero-order valence-corrected chi connectivity index (χ0v) is 10.3. The smallest absolute Gasteiger partial charge is 0.362 e. The Morgan fingerprint density at radius 1 is 1.44 bits per heavy atom. The molecule has 0 radical (unpaired) electrons. The van der Waals surface area contributed by atoms with Gasteiger partial charge in [0.2, 0.25) is 0 Å². The van der Waals surface area contributed by atoms with Crippen LogP contribution < -0.4 is 5.32 Å². The van der Waals surface area contributed by atoms with Crippen LogP contribution in [0.2, 0.25) is 0 Å². The average molecular weight is 254 g/mol. The molecule has 0 aliphatic heterocycles. The van der Waals surface area contributed by atoms with Crippen molar-refractivity contribution in [1.82, 2.24) is 10.2 Å². The predicted octanol–water partition coefficient (Wildman–Crippen LogP) is 2.54. The lowest BCUT2D eigenvalue weighted by Crippen LogP contribution is -2.46. The molecule has 1 N–H and O–H groups in total. The van der Waals surface area contributed by atoms with E-state index in [-0.39, 0.29) is 11.2 Å². The van der Waals surface area contributed by atoms with E-state index in [4.69, 9.17) is 12.2 Å². The third-order valence-corrected chi connectivity index (χ3v) is 2.64. The summed E-state index contributed by atoms with van der Waals surface area (Å²) in [6, 6.07) is -0.0196. The van der Waals surface area contributed by atoms with Crippen LogP contribution in [0.4, 0.5) is 13.2 Å². The van der Waals surface area contributed by atoms with Gasteiger partial charge in [0.1, 0.15) is 6.54 Å². The fourth-order valence-corrected chi connectivity index (χ4v) is 1.64. The highest BCUT2D eigenvalue weighted by atomic mass is 32.1. The zero-order chi connectivity index (χ0) is 12.3. The van der Waals surface area contributed by atoms with Crippen LogP contribution in [0.15, 0.2) is 0 Å². The second kappa shape index (κ2) is 5.21. The van der Waals surface area contributed by atoms with Crippen LogP contribution in [0, 0.1) is 5.92 Å². The number of hydrogen-bond donors (Lipinski definition) is 1. The molecule has 0 heterocycles. The highest BCUT2D eigenvalue weighted by Crippen LogP contribution is 2.30. The summed E-state index contributed by atoms with van der Waals surface area (Å²) < 4.78 is 37.0. The van der Waals surface area contributed by atoms with Crippen molar-refractivity contribution in [3.05, 3.63) is 0 Å². The molecular formula is C10H17F3N2S. The molecule has 0 aromatic carbocycles. The fourth-order valence-electron chi connectivity index (χ4n) is 1.34. The average Bonchev–Trinajstić information content (AvgIpc) is 2.91. The second-order valence-corrected chi connectivity index (χ2v) is 4.94. The third kappa shape index (κ3) is 5.01. The summed E-state index contributed by atoms with van der Waals surface area (Å²) in [6.07, 6.45) is -2.58. The van der Waals surface area contributed by atoms with E-state index in [1.165, 1.54) is 4.90 Å². The molecule has 0 amide bonds. The lowest BCUT2D eigenvalue weighted by Gasteiger charge is -2.27. The Labute approximate surface area is 99.2 Å². The van der Waals surface area contributed by atoms with E-state index in [0.717, 1.165) is 12.8 Å². The molecular weight excluding hydrogens is 237 g/mol. The summed E-state index contributed by atoms with van der Waals surface area (Å²) in [5.74, 6) is 0.366. The van der Waals surface area contributed by atoms with Crippen LogP contribution in [0.1, 0.15) is 26.7 Å². The largest absolute Gasteiger partial charge is 0.406 e. The molecule has 0 spiro atoms. The van der Waals surface area contributed by atoms with Gasteiger partial charge in [-0.05, 0) is 31.0 Å². The number of rotatable bonds is 4. The number of alkyl halides is 3. The van der Waals surface area contributed by atoms with Crippen molar-refractivity contribution in [2.24, 2.45) is 5.92 Å². The maximum absolute atomic E-state index is 12.3. The molecule has 0 atom stereocenters. The Kier molecular flexibility index (Phi) is 4.41. The normalized spacial score (nSPS) is 16.4. The minimum Gasteiger partial charge on any atom is -0.362 e. The van der Waals surface area contributed by atoms with Gasteiger partial charge < -0.3 is 10.2 Å². The Balaban J connectivity index is 2.46. The van der Waals surface area contributed by atoms with Gasteiger partial charge in [0.25, 0.3) is 0 Å². The van der Waals surface area contributed by atoms with E-state index in [0.29, 0.717) is 12.5 Å². The molecule has 0 unspecified atom stereocenters. The van der Waals surface area contributed by atoms with Crippen molar-refractivity contribution in [3.8, 4) is 0 Å². The molecule has 16 heavy (non-hydrogen) atoms. The maximum atomic E-state index is 12.3. The number of hydrogen-bond acceptors (Lipinski definition) is 1. The number of nitrogens with one attached hydrogen (secondary N) is 1. The van der Waals surface area contributed by atoms with Gasteiger partial charge in [0, 0.05) is 12.6 Å². The second-order valence-electron chi connectivity index (χ2n) is 4.55.